The minimum atomic E-state index is -1.03. The van der Waals surface area contributed by atoms with Crippen molar-refractivity contribution in [3.8, 4) is 5.75 Å². The second-order valence-electron chi connectivity index (χ2n) is 2.73. The highest BCUT2D eigenvalue weighted by molar-refractivity contribution is 9.10. The van der Waals surface area contributed by atoms with Crippen molar-refractivity contribution < 1.29 is 15.0 Å². The monoisotopic (exact) mass is 272 g/mol. The van der Waals surface area contributed by atoms with Gasteiger partial charge in [-0.05, 0) is 33.4 Å². The highest BCUT2D eigenvalue weighted by atomic mass is 79.9. The van der Waals surface area contributed by atoms with Crippen LogP contribution in [0.15, 0.2) is 22.0 Å². The van der Waals surface area contributed by atoms with E-state index in [4.69, 9.17) is 5.11 Å². The fraction of sp³-hybridized carbons (Fsp3) is 0. The second kappa shape index (κ2) is 3.25. The van der Waals surface area contributed by atoms with Crippen LogP contribution < -0.4 is 0 Å². The third kappa shape index (κ3) is 1.29. The lowest BCUT2D eigenvalue weighted by molar-refractivity contribution is 0.0699. The normalized spacial score (nSPS) is 10.6. The number of carboxylic acids is 1. The summed E-state index contributed by atoms with van der Waals surface area (Å²) >= 11 is 4.55. The SMILES string of the molecule is O=C(O)c1cc(O)c(Br)c2ccsc12. The molecule has 1 aromatic heterocycles. The zero-order valence-electron chi connectivity index (χ0n) is 6.82. The number of aromatic hydroxyl groups is 1. The fourth-order valence-corrected chi connectivity index (χ4v) is 2.74. The number of rotatable bonds is 1. The van der Waals surface area contributed by atoms with Crippen molar-refractivity contribution in [1.29, 1.82) is 0 Å². The molecule has 1 aromatic carbocycles. The second-order valence-corrected chi connectivity index (χ2v) is 4.43. The molecule has 0 saturated heterocycles. The summed E-state index contributed by atoms with van der Waals surface area (Å²) in [4.78, 5) is 10.9. The highest BCUT2D eigenvalue weighted by Crippen LogP contribution is 2.37. The summed E-state index contributed by atoms with van der Waals surface area (Å²) in [6, 6.07) is 3.03. The molecular weight excluding hydrogens is 268 g/mol. The van der Waals surface area contributed by atoms with Crippen LogP contribution in [0.1, 0.15) is 10.4 Å². The van der Waals surface area contributed by atoms with Crippen LogP contribution in [0.2, 0.25) is 0 Å². The first-order valence-electron chi connectivity index (χ1n) is 3.73. The van der Waals surface area contributed by atoms with Gasteiger partial charge < -0.3 is 10.2 Å². The molecule has 0 fully saturated rings. The summed E-state index contributed by atoms with van der Waals surface area (Å²) in [6.45, 7) is 0. The van der Waals surface area contributed by atoms with E-state index in [1.165, 1.54) is 17.4 Å². The van der Waals surface area contributed by atoms with Crippen LogP contribution in [0.25, 0.3) is 10.1 Å². The van der Waals surface area contributed by atoms with Gasteiger partial charge in [0, 0.05) is 5.39 Å². The summed E-state index contributed by atoms with van der Waals surface area (Å²) < 4.78 is 1.21. The predicted molar refractivity (Wildman–Crippen MR) is 58.1 cm³/mol. The minimum absolute atomic E-state index is 0.0479. The Kier molecular flexibility index (Phi) is 2.20. The molecule has 2 rings (SSSR count). The zero-order valence-corrected chi connectivity index (χ0v) is 9.22. The fourth-order valence-electron chi connectivity index (χ4n) is 1.25. The molecule has 0 spiro atoms. The molecule has 3 nitrogen and oxygen atoms in total. The Morgan fingerprint density at radius 3 is 2.86 bits per heavy atom. The molecule has 2 aromatic rings. The first kappa shape index (κ1) is 9.48. The first-order chi connectivity index (χ1) is 6.61. The number of phenolic OH excluding ortho intramolecular Hbond substituents is 1. The number of carboxylic acid groups (broad SMARTS) is 1. The maximum absolute atomic E-state index is 10.9. The molecule has 0 bridgehead atoms. The minimum Gasteiger partial charge on any atom is -0.507 e. The largest absolute Gasteiger partial charge is 0.507 e. The standard InChI is InChI=1S/C9H5BrO3S/c10-7-4-1-2-14-8(4)5(9(12)13)3-6(7)11/h1-3,11H,(H,12,13). The predicted octanol–water partition coefficient (Wildman–Crippen LogP) is 3.07. The molecule has 0 aliphatic rings. The molecule has 0 amide bonds. The number of carbonyl (C=O) groups is 1. The van der Waals surface area contributed by atoms with Gasteiger partial charge >= 0.3 is 5.97 Å². The first-order valence-corrected chi connectivity index (χ1v) is 5.40. The van der Waals surface area contributed by atoms with Crippen molar-refractivity contribution in [3.63, 3.8) is 0 Å². The van der Waals surface area contributed by atoms with Crippen LogP contribution in [0, 0.1) is 0 Å². The summed E-state index contributed by atoms with van der Waals surface area (Å²) in [5, 5.41) is 20.9. The van der Waals surface area contributed by atoms with Crippen LogP contribution in [0.3, 0.4) is 0 Å². The number of halogens is 1. The van der Waals surface area contributed by atoms with Gasteiger partial charge in [-0.1, -0.05) is 0 Å². The third-order valence-corrected chi connectivity index (χ3v) is 3.66. The summed E-state index contributed by atoms with van der Waals surface area (Å²) in [5.74, 6) is -1.08. The van der Waals surface area contributed by atoms with Gasteiger partial charge in [0.15, 0.2) is 0 Å². The lowest BCUT2D eigenvalue weighted by atomic mass is 10.1. The molecule has 0 aliphatic heterocycles. The van der Waals surface area contributed by atoms with E-state index in [0.29, 0.717) is 9.17 Å². The lowest BCUT2D eigenvalue weighted by Crippen LogP contribution is -1.96. The number of hydrogen-bond acceptors (Lipinski definition) is 3. The summed E-state index contributed by atoms with van der Waals surface area (Å²) in [5.41, 5.74) is 0.135. The van der Waals surface area contributed by atoms with Crippen molar-refractivity contribution in [2.24, 2.45) is 0 Å². The van der Waals surface area contributed by atoms with Gasteiger partial charge in [-0.25, -0.2) is 4.79 Å². The van der Waals surface area contributed by atoms with Crippen molar-refractivity contribution in [3.05, 3.63) is 27.5 Å². The van der Waals surface area contributed by atoms with Gasteiger partial charge in [0.05, 0.1) is 14.7 Å². The van der Waals surface area contributed by atoms with E-state index in [1.54, 1.807) is 11.4 Å². The maximum atomic E-state index is 10.9. The van der Waals surface area contributed by atoms with E-state index in [1.807, 2.05) is 0 Å². The van der Waals surface area contributed by atoms with Crippen molar-refractivity contribution in [1.82, 2.24) is 0 Å². The Balaban J connectivity index is 2.91. The molecule has 0 atom stereocenters. The van der Waals surface area contributed by atoms with Gasteiger partial charge in [0.25, 0.3) is 0 Å². The summed E-state index contributed by atoms with van der Waals surface area (Å²) in [6.07, 6.45) is 0. The highest BCUT2D eigenvalue weighted by Gasteiger charge is 2.15. The number of benzene rings is 1. The molecule has 0 saturated carbocycles. The molecule has 0 unspecified atom stereocenters. The lowest BCUT2D eigenvalue weighted by Gasteiger charge is -2.02. The average Bonchev–Trinajstić information content (AvgIpc) is 2.59. The maximum Gasteiger partial charge on any atom is 0.337 e. The van der Waals surface area contributed by atoms with Crippen molar-refractivity contribution in [2.75, 3.05) is 0 Å². The Hall–Kier alpha value is -1.07. The van der Waals surface area contributed by atoms with E-state index < -0.39 is 5.97 Å². The molecule has 14 heavy (non-hydrogen) atoms. The van der Waals surface area contributed by atoms with Crippen LogP contribution in [-0.2, 0) is 0 Å². The number of phenols is 1. The Labute approximate surface area is 91.7 Å². The Morgan fingerprint density at radius 2 is 2.21 bits per heavy atom. The van der Waals surface area contributed by atoms with E-state index in [0.717, 1.165) is 5.39 Å². The smallest absolute Gasteiger partial charge is 0.337 e. The van der Waals surface area contributed by atoms with Crippen molar-refractivity contribution in [2.45, 2.75) is 0 Å². The van der Waals surface area contributed by atoms with Crippen LogP contribution in [0.5, 0.6) is 5.75 Å². The van der Waals surface area contributed by atoms with E-state index in [2.05, 4.69) is 15.9 Å². The topological polar surface area (TPSA) is 57.5 Å². The van der Waals surface area contributed by atoms with E-state index in [-0.39, 0.29) is 11.3 Å². The molecule has 2 N–H and O–H groups in total. The average molecular weight is 273 g/mol. The summed E-state index contributed by atoms with van der Waals surface area (Å²) in [7, 11) is 0. The number of hydrogen-bond donors (Lipinski definition) is 2. The van der Waals surface area contributed by atoms with Gasteiger partial charge in [-0.3, -0.25) is 0 Å². The quantitative estimate of drug-likeness (QED) is 0.839. The molecule has 1 heterocycles. The molecule has 72 valence electrons. The molecule has 5 heteroatoms. The van der Waals surface area contributed by atoms with E-state index in [9.17, 15) is 9.90 Å². The van der Waals surface area contributed by atoms with Crippen LogP contribution >= 0.6 is 27.3 Å². The van der Waals surface area contributed by atoms with Gasteiger partial charge in [-0.15, -0.1) is 11.3 Å². The molecule has 0 aliphatic carbocycles. The van der Waals surface area contributed by atoms with Crippen LogP contribution in [-0.4, -0.2) is 16.2 Å². The molecule has 0 radical (unpaired) electrons. The van der Waals surface area contributed by atoms with Gasteiger partial charge in [0.2, 0.25) is 0 Å². The van der Waals surface area contributed by atoms with E-state index >= 15 is 0 Å². The molecular formula is C9H5BrO3S. The number of aromatic carboxylic acids is 1. The third-order valence-electron chi connectivity index (χ3n) is 1.88. The van der Waals surface area contributed by atoms with Crippen molar-refractivity contribution >= 4 is 43.3 Å². The van der Waals surface area contributed by atoms with Gasteiger partial charge in [0.1, 0.15) is 5.75 Å². The Morgan fingerprint density at radius 1 is 1.50 bits per heavy atom. The number of thiophene rings is 1. The zero-order chi connectivity index (χ0) is 10.3. The van der Waals surface area contributed by atoms with Gasteiger partial charge in [-0.2, -0.15) is 0 Å². The Bertz CT molecular complexity index is 518. The number of fused-ring (bicyclic) bond motifs is 1. The van der Waals surface area contributed by atoms with Crippen LogP contribution in [0.4, 0.5) is 0 Å².